The molecule has 1 aromatic rings. The van der Waals surface area contributed by atoms with Crippen molar-refractivity contribution < 1.29 is 14.3 Å². The minimum Gasteiger partial charge on any atom is -0.494 e. The predicted molar refractivity (Wildman–Crippen MR) is 81.2 cm³/mol. The van der Waals surface area contributed by atoms with Crippen LogP contribution in [0.2, 0.25) is 0 Å². The molecule has 0 bridgehead atoms. The predicted octanol–water partition coefficient (Wildman–Crippen LogP) is 3.62. The van der Waals surface area contributed by atoms with Gasteiger partial charge in [-0.05, 0) is 58.4 Å². The van der Waals surface area contributed by atoms with E-state index >= 15 is 0 Å². The summed E-state index contributed by atoms with van der Waals surface area (Å²) in [6.45, 7) is 10.1. The van der Waals surface area contributed by atoms with E-state index in [4.69, 9.17) is 9.47 Å². The van der Waals surface area contributed by atoms with Crippen LogP contribution < -0.4 is 10.1 Å². The van der Waals surface area contributed by atoms with Crippen molar-refractivity contribution in [3.05, 3.63) is 24.3 Å². The van der Waals surface area contributed by atoms with E-state index in [1.165, 1.54) is 0 Å². The summed E-state index contributed by atoms with van der Waals surface area (Å²) in [5.41, 5.74) is 0.400. The fourth-order valence-electron chi connectivity index (χ4n) is 1.57. The number of carbonyl (C=O) groups is 1. The Morgan fingerprint density at radius 3 is 2.35 bits per heavy atom. The molecule has 1 N–H and O–H groups in total. The van der Waals surface area contributed by atoms with Crippen LogP contribution in [0.4, 0.5) is 5.69 Å². The van der Waals surface area contributed by atoms with Gasteiger partial charge < -0.3 is 14.8 Å². The second-order valence-electron chi connectivity index (χ2n) is 5.77. The standard InChI is InChI=1S/C16H25NO3/c1-6-11-19-14-9-7-13(8-10-14)17-12(2)15(18)20-16(3,4)5/h7-10,12,17H,6,11H2,1-5H3. The van der Waals surface area contributed by atoms with E-state index in [0.717, 1.165) is 17.9 Å². The van der Waals surface area contributed by atoms with Crippen LogP contribution in [-0.4, -0.2) is 24.2 Å². The lowest BCUT2D eigenvalue weighted by molar-refractivity contribution is -0.155. The van der Waals surface area contributed by atoms with Crippen molar-refractivity contribution in [1.29, 1.82) is 0 Å². The van der Waals surface area contributed by atoms with Crippen LogP contribution in [0.1, 0.15) is 41.0 Å². The summed E-state index contributed by atoms with van der Waals surface area (Å²) in [7, 11) is 0. The SMILES string of the molecule is CCCOc1ccc(NC(C)C(=O)OC(C)(C)C)cc1. The van der Waals surface area contributed by atoms with Crippen molar-refractivity contribution in [2.24, 2.45) is 0 Å². The van der Waals surface area contributed by atoms with E-state index < -0.39 is 11.6 Å². The van der Waals surface area contributed by atoms with Crippen molar-refractivity contribution in [3.63, 3.8) is 0 Å². The van der Waals surface area contributed by atoms with E-state index in [1.54, 1.807) is 6.92 Å². The summed E-state index contributed by atoms with van der Waals surface area (Å²) in [5.74, 6) is 0.575. The van der Waals surface area contributed by atoms with Gasteiger partial charge in [-0.1, -0.05) is 6.92 Å². The molecule has 112 valence electrons. The van der Waals surface area contributed by atoms with E-state index in [2.05, 4.69) is 12.2 Å². The maximum atomic E-state index is 11.9. The zero-order valence-corrected chi connectivity index (χ0v) is 13.0. The first-order valence-corrected chi connectivity index (χ1v) is 7.04. The molecule has 4 nitrogen and oxygen atoms in total. The first kappa shape index (κ1) is 16.3. The van der Waals surface area contributed by atoms with Gasteiger partial charge in [0.1, 0.15) is 17.4 Å². The van der Waals surface area contributed by atoms with Gasteiger partial charge in [0.25, 0.3) is 0 Å². The third-order valence-electron chi connectivity index (χ3n) is 2.47. The van der Waals surface area contributed by atoms with Gasteiger partial charge in [0.2, 0.25) is 0 Å². The topological polar surface area (TPSA) is 47.6 Å². The van der Waals surface area contributed by atoms with Crippen LogP contribution in [0.5, 0.6) is 5.75 Å². The Morgan fingerprint density at radius 1 is 1.25 bits per heavy atom. The molecule has 0 amide bonds. The van der Waals surface area contributed by atoms with E-state index in [-0.39, 0.29) is 5.97 Å². The molecule has 0 saturated heterocycles. The lowest BCUT2D eigenvalue weighted by Crippen LogP contribution is -2.34. The number of hydrogen-bond acceptors (Lipinski definition) is 4. The minimum atomic E-state index is -0.467. The Hall–Kier alpha value is -1.71. The molecular weight excluding hydrogens is 254 g/mol. The Balaban J connectivity index is 2.53. The fraction of sp³-hybridized carbons (Fsp3) is 0.562. The zero-order chi connectivity index (χ0) is 15.2. The van der Waals surface area contributed by atoms with Gasteiger partial charge in [-0.15, -0.1) is 0 Å². The quantitative estimate of drug-likeness (QED) is 0.808. The molecule has 0 aliphatic heterocycles. The number of ether oxygens (including phenoxy) is 2. The number of nitrogens with one attached hydrogen (secondary N) is 1. The summed E-state index contributed by atoms with van der Waals surface area (Å²) in [5, 5.41) is 3.12. The molecular formula is C16H25NO3. The van der Waals surface area contributed by atoms with Gasteiger partial charge >= 0.3 is 5.97 Å². The van der Waals surface area contributed by atoms with E-state index in [0.29, 0.717) is 6.61 Å². The van der Waals surface area contributed by atoms with Crippen molar-refractivity contribution in [3.8, 4) is 5.75 Å². The monoisotopic (exact) mass is 279 g/mol. The molecule has 1 rings (SSSR count). The fourth-order valence-corrected chi connectivity index (χ4v) is 1.57. The normalized spacial score (nSPS) is 12.7. The molecule has 1 unspecified atom stereocenters. The van der Waals surface area contributed by atoms with Gasteiger partial charge in [0.05, 0.1) is 6.61 Å². The van der Waals surface area contributed by atoms with E-state index in [1.807, 2.05) is 45.0 Å². The Morgan fingerprint density at radius 2 is 1.85 bits per heavy atom. The van der Waals surface area contributed by atoms with Crippen LogP contribution >= 0.6 is 0 Å². The smallest absolute Gasteiger partial charge is 0.328 e. The highest BCUT2D eigenvalue weighted by Crippen LogP contribution is 2.17. The molecule has 1 aromatic carbocycles. The lowest BCUT2D eigenvalue weighted by Gasteiger charge is -2.23. The molecule has 0 spiro atoms. The van der Waals surface area contributed by atoms with Gasteiger partial charge in [0.15, 0.2) is 0 Å². The molecule has 0 aromatic heterocycles. The number of benzene rings is 1. The highest BCUT2D eigenvalue weighted by atomic mass is 16.6. The van der Waals surface area contributed by atoms with Crippen LogP contribution in [0.15, 0.2) is 24.3 Å². The molecule has 1 atom stereocenters. The molecule has 0 aliphatic rings. The van der Waals surface area contributed by atoms with Crippen molar-refractivity contribution in [2.75, 3.05) is 11.9 Å². The van der Waals surface area contributed by atoms with Gasteiger partial charge in [-0.2, -0.15) is 0 Å². The first-order valence-electron chi connectivity index (χ1n) is 7.04. The van der Waals surface area contributed by atoms with Crippen molar-refractivity contribution >= 4 is 11.7 Å². The second-order valence-corrected chi connectivity index (χ2v) is 5.77. The van der Waals surface area contributed by atoms with Gasteiger partial charge in [-0.25, -0.2) is 4.79 Å². The summed E-state index contributed by atoms with van der Waals surface area (Å²) in [6.07, 6.45) is 0.982. The second kappa shape index (κ2) is 7.17. The molecule has 0 aliphatic carbocycles. The maximum Gasteiger partial charge on any atom is 0.328 e. The average molecular weight is 279 g/mol. The number of rotatable bonds is 6. The molecule has 0 radical (unpaired) electrons. The molecule has 0 saturated carbocycles. The number of hydrogen-bond donors (Lipinski definition) is 1. The number of esters is 1. The van der Waals surface area contributed by atoms with Crippen LogP contribution in [0, 0.1) is 0 Å². The molecule has 0 heterocycles. The average Bonchev–Trinajstić information content (AvgIpc) is 2.36. The Kier molecular flexibility index (Phi) is 5.86. The summed E-state index contributed by atoms with van der Waals surface area (Å²) in [6, 6.07) is 7.17. The number of anilines is 1. The van der Waals surface area contributed by atoms with Crippen LogP contribution in [0.3, 0.4) is 0 Å². The van der Waals surface area contributed by atoms with Crippen LogP contribution in [0.25, 0.3) is 0 Å². The minimum absolute atomic E-state index is 0.260. The molecule has 0 fully saturated rings. The first-order chi connectivity index (χ1) is 9.31. The summed E-state index contributed by atoms with van der Waals surface area (Å²) in [4.78, 5) is 11.9. The zero-order valence-electron chi connectivity index (χ0n) is 13.0. The van der Waals surface area contributed by atoms with E-state index in [9.17, 15) is 4.79 Å². The highest BCUT2D eigenvalue weighted by molar-refractivity contribution is 5.79. The third-order valence-corrected chi connectivity index (χ3v) is 2.47. The maximum absolute atomic E-state index is 11.9. The lowest BCUT2D eigenvalue weighted by atomic mass is 10.2. The number of carbonyl (C=O) groups excluding carboxylic acids is 1. The Bertz CT molecular complexity index is 420. The van der Waals surface area contributed by atoms with Gasteiger partial charge in [0, 0.05) is 5.69 Å². The third kappa shape index (κ3) is 5.95. The molecule has 20 heavy (non-hydrogen) atoms. The van der Waals surface area contributed by atoms with Crippen molar-refractivity contribution in [1.82, 2.24) is 0 Å². The molecule has 4 heteroatoms. The largest absolute Gasteiger partial charge is 0.494 e. The van der Waals surface area contributed by atoms with Crippen LogP contribution in [-0.2, 0) is 9.53 Å². The summed E-state index contributed by atoms with van der Waals surface area (Å²) >= 11 is 0. The summed E-state index contributed by atoms with van der Waals surface area (Å²) < 4.78 is 10.8. The Labute approximate surface area is 121 Å². The van der Waals surface area contributed by atoms with Gasteiger partial charge in [-0.3, -0.25) is 0 Å². The van der Waals surface area contributed by atoms with Crippen molar-refractivity contribution in [2.45, 2.75) is 52.7 Å². The highest BCUT2D eigenvalue weighted by Gasteiger charge is 2.21.